The lowest BCUT2D eigenvalue weighted by atomic mass is 10.2. The number of halogens is 2. The van der Waals surface area contributed by atoms with Gasteiger partial charge in [-0.25, -0.2) is 0 Å². The van der Waals surface area contributed by atoms with Crippen molar-refractivity contribution < 1.29 is 14.3 Å². The number of nitrogens with one attached hydrogen (secondary N) is 1. The minimum atomic E-state index is -1.10. The van der Waals surface area contributed by atoms with Gasteiger partial charge in [0, 0.05) is 45.8 Å². The maximum Gasteiger partial charge on any atom is 0.277 e. The van der Waals surface area contributed by atoms with Gasteiger partial charge in [-0.3, -0.25) is 14.3 Å². The summed E-state index contributed by atoms with van der Waals surface area (Å²) in [5, 5.41) is 22.9. The van der Waals surface area contributed by atoms with Gasteiger partial charge in [0.2, 0.25) is 24.1 Å². The van der Waals surface area contributed by atoms with Crippen LogP contribution in [-0.2, 0) is 6.54 Å². The summed E-state index contributed by atoms with van der Waals surface area (Å²) < 4.78 is 7.66. The van der Waals surface area contributed by atoms with Crippen LogP contribution in [0, 0.1) is 0 Å². The number of aliphatic hydroxyl groups excluding tert-OH is 1. The van der Waals surface area contributed by atoms with E-state index in [1.54, 1.807) is 41.8 Å². The molecule has 2 aliphatic rings. The van der Waals surface area contributed by atoms with Gasteiger partial charge in [-0.15, -0.1) is 10.2 Å². The summed E-state index contributed by atoms with van der Waals surface area (Å²) in [5.41, 5.74) is 0.991. The Morgan fingerprint density at radius 1 is 1.15 bits per heavy atom. The van der Waals surface area contributed by atoms with Crippen molar-refractivity contribution in [3.63, 3.8) is 0 Å². The Morgan fingerprint density at radius 2 is 1.91 bits per heavy atom. The van der Waals surface area contributed by atoms with Crippen molar-refractivity contribution in [3.05, 3.63) is 39.8 Å². The normalized spacial score (nSPS) is 18.8. The SMILES string of the molecule is CN1C(=O)c2c(nc(N3CCNCC3)n2Cc2nnc(-c3ccc(Cl)c(Cl)c3)o2)N(C)C1O. The molecule has 1 unspecified atom stereocenters. The number of hydrogen-bond donors (Lipinski definition) is 2. The largest absolute Gasteiger partial charge is 0.419 e. The molecule has 1 saturated heterocycles. The molecule has 0 aliphatic carbocycles. The summed E-state index contributed by atoms with van der Waals surface area (Å²) in [4.78, 5) is 22.8. The molecule has 13 heteroatoms. The van der Waals surface area contributed by atoms with Gasteiger partial charge in [-0.1, -0.05) is 23.2 Å². The maximum absolute atomic E-state index is 13.1. The number of nitrogens with zero attached hydrogens (tertiary/aromatic N) is 7. The molecule has 0 saturated carbocycles. The fraction of sp³-hybridized carbons (Fsp3) is 0.400. The average Bonchev–Trinajstić information content (AvgIpc) is 3.44. The molecule has 11 nitrogen and oxygen atoms in total. The van der Waals surface area contributed by atoms with Crippen LogP contribution < -0.4 is 15.1 Å². The van der Waals surface area contributed by atoms with Gasteiger partial charge in [0.25, 0.3) is 5.91 Å². The number of amides is 1. The molecular weight excluding hydrogens is 471 g/mol. The van der Waals surface area contributed by atoms with Crippen LogP contribution in [0.5, 0.6) is 0 Å². The Hall–Kier alpha value is -2.86. The first-order valence-corrected chi connectivity index (χ1v) is 11.1. The van der Waals surface area contributed by atoms with E-state index in [1.165, 1.54) is 4.90 Å². The van der Waals surface area contributed by atoms with Gasteiger partial charge in [0.1, 0.15) is 6.54 Å². The number of aliphatic hydroxyl groups is 1. The molecule has 1 atom stereocenters. The minimum Gasteiger partial charge on any atom is -0.419 e. The number of benzene rings is 1. The van der Waals surface area contributed by atoms with Crippen molar-refractivity contribution in [1.82, 2.24) is 30.0 Å². The van der Waals surface area contributed by atoms with E-state index >= 15 is 0 Å². The lowest BCUT2D eigenvalue weighted by molar-refractivity contribution is 0.0152. The molecule has 1 amide bonds. The van der Waals surface area contributed by atoms with Gasteiger partial charge in [0.15, 0.2) is 11.5 Å². The highest BCUT2D eigenvalue weighted by Gasteiger charge is 2.39. The van der Waals surface area contributed by atoms with E-state index in [0.29, 0.717) is 39.0 Å². The highest BCUT2D eigenvalue weighted by molar-refractivity contribution is 6.42. The van der Waals surface area contributed by atoms with Crippen LogP contribution >= 0.6 is 23.2 Å². The van der Waals surface area contributed by atoms with Gasteiger partial charge in [-0.2, -0.15) is 4.98 Å². The quantitative estimate of drug-likeness (QED) is 0.558. The summed E-state index contributed by atoms with van der Waals surface area (Å²) >= 11 is 12.1. The Bertz CT molecular complexity index is 1210. The van der Waals surface area contributed by atoms with Gasteiger partial charge in [-0.05, 0) is 18.2 Å². The van der Waals surface area contributed by atoms with E-state index in [1.807, 2.05) is 0 Å². The fourth-order valence-electron chi connectivity index (χ4n) is 3.98. The monoisotopic (exact) mass is 492 g/mol. The maximum atomic E-state index is 13.1. The van der Waals surface area contributed by atoms with Crippen LogP contribution in [0.1, 0.15) is 16.4 Å². The van der Waals surface area contributed by atoms with E-state index in [-0.39, 0.29) is 18.3 Å². The lowest BCUT2D eigenvalue weighted by Crippen LogP contribution is -2.52. The number of hydrogen-bond acceptors (Lipinski definition) is 9. The second kappa shape index (κ2) is 8.49. The molecule has 174 valence electrons. The second-order valence-corrected chi connectivity index (χ2v) is 8.72. The molecule has 0 spiro atoms. The van der Waals surface area contributed by atoms with Crippen LogP contribution in [0.3, 0.4) is 0 Å². The zero-order valence-electron chi connectivity index (χ0n) is 18.0. The second-order valence-electron chi connectivity index (χ2n) is 7.91. The lowest BCUT2D eigenvalue weighted by Gasteiger charge is -2.36. The van der Waals surface area contributed by atoms with Crippen molar-refractivity contribution in [2.75, 3.05) is 50.1 Å². The number of aromatic nitrogens is 4. The first-order valence-electron chi connectivity index (χ1n) is 10.4. The Balaban J connectivity index is 1.55. The summed E-state index contributed by atoms with van der Waals surface area (Å²) in [5.74, 6) is 1.27. The molecule has 3 aromatic rings. The first-order chi connectivity index (χ1) is 15.8. The number of carbonyl (C=O) groups excluding carboxylic acids is 1. The topological polar surface area (TPSA) is 116 Å². The van der Waals surface area contributed by atoms with Crippen LogP contribution in [0.15, 0.2) is 22.6 Å². The van der Waals surface area contributed by atoms with E-state index in [0.717, 1.165) is 26.2 Å². The number of imidazole rings is 1. The summed E-state index contributed by atoms with van der Waals surface area (Å²) in [6, 6.07) is 5.06. The van der Waals surface area contributed by atoms with E-state index in [9.17, 15) is 9.90 Å². The molecule has 2 N–H and O–H groups in total. The smallest absolute Gasteiger partial charge is 0.277 e. The Kier molecular flexibility index (Phi) is 5.65. The van der Waals surface area contributed by atoms with Crippen molar-refractivity contribution in [1.29, 1.82) is 0 Å². The zero-order valence-corrected chi connectivity index (χ0v) is 19.5. The average molecular weight is 493 g/mol. The predicted molar refractivity (Wildman–Crippen MR) is 123 cm³/mol. The molecule has 33 heavy (non-hydrogen) atoms. The van der Waals surface area contributed by atoms with Crippen LogP contribution in [-0.4, -0.2) is 82.3 Å². The third-order valence-electron chi connectivity index (χ3n) is 5.81. The molecule has 0 bridgehead atoms. The summed E-state index contributed by atoms with van der Waals surface area (Å²) in [6.45, 7) is 3.19. The molecule has 0 radical (unpaired) electrons. The molecular formula is C20H22Cl2N8O3. The number of fused-ring (bicyclic) bond motifs is 1. The van der Waals surface area contributed by atoms with Gasteiger partial charge in [0.05, 0.1) is 10.0 Å². The molecule has 5 rings (SSSR count). The van der Waals surface area contributed by atoms with E-state index < -0.39 is 6.35 Å². The van der Waals surface area contributed by atoms with E-state index in [2.05, 4.69) is 20.4 Å². The Labute approximate surface area is 199 Å². The molecule has 2 aromatic heterocycles. The minimum absolute atomic E-state index is 0.138. The predicted octanol–water partition coefficient (Wildman–Crippen LogP) is 1.50. The van der Waals surface area contributed by atoms with Crippen LogP contribution in [0.2, 0.25) is 10.0 Å². The molecule has 1 aromatic carbocycles. The molecule has 2 aliphatic heterocycles. The van der Waals surface area contributed by atoms with Crippen molar-refractivity contribution >= 4 is 40.9 Å². The highest BCUT2D eigenvalue weighted by Crippen LogP contribution is 2.33. The van der Waals surface area contributed by atoms with Crippen molar-refractivity contribution in [2.45, 2.75) is 12.9 Å². The van der Waals surface area contributed by atoms with Crippen molar-refractivity contribution in [2.24, 2.45) is 0 Å². The summed E-state index contributed by atoms with van der Waals surface area (Å²) in [6.07, 6.45) is -1.10. The van der Waals surface area contributed by atoms with E-state index in [4.69, 9.17) is 32.6 Å². The zero-order chi connectivity index (χ0) is 23.3. The fourth-order valence-corrected chi connectivity index (χ4v) is 4.28. The van der Waals surface area contributed by atoms with Gasteiger partial charge < -0.3 is 24.6 Å². The van der Waals surface area contributed by atoms with Crippen LogP contribution in [0.25, 0.3) is 11.5 Å². The van der Waals surface area contributed by atoms with Gasteiger partial charge >= 0.3 is 0 Å². The third-order valence-corrected chi connectivity index (χ3v) is 6.54. The third kappa shape index (κ3) is 3.80. The molecule has 1 fully saturated rings. The number of anilines is 2. The highest BCUT2D eigenvalue weighted by atomic mass is 35.5. The van der Waals surface area contributed by atoms with Crippen molar-refractivity contribution in [3.8, 4) is 11.5 Å². The number of piperazine rings is 1. The first kappa shape index (κ1) is 22.0. The number of carbonyl (C=O) groups is 1. The Morgan fingerprint density at radius 3 is 2.64 bits per heavy atom. The molecule has 4 heterocycles. The summed E-state index contributed by atoms with van der Waals surface area (Å²) in [7, 11) is 3.24. The standard InChI is InChI=1S/C20H22Cl2N8O3/c1-27-16-15(18(31)28(2)20(27)32)30(19(24-16)29-7-5-23-6-8-29)10-14-25-26-17(33-14)11-3-4-12(21)13(22)9-11/h3-4,9,20,23,32H,5-8,10H2,1-2H3. The number of rotatable bonds is 4. The van der Waals surface area contributed by atoms with Crippen LogP contribution in [0.4, 0.5) is 11.8 Å².